The number of pyridine rings is 1. The van der Waals surface area contributed by atoms with Gasteiger partial charge in [-0.25, -0.2) is 4.98 Å². The van der Waals surface area contributed by atoms with Crippen LogP contribution in [0.3, 0.4) is 0 Å². The zero-order valence-corrected chi connectivity index (χ0v) is 19.0. The second-order valence-electron chi connectivity index (χ2n) is 8.68. The van der Waals surface area contributed by atoms with Gasteiger partial charge in [0, 0.05) is 30.4 Å². The number of carbonyl (C=O) groups excluding carboxylic acids is 1. The highest BCUT2D eigenvalue weighted by Crippen LogP contribution is 2.31. The van der Waals surface area contributed by atoms with E-state index in [1.165, 1.54) is 6.07 Å². The van der Waals surface area contributed by atoms with Gasteiger partial charge in [-0.15, -0.1) is 0 Å². The van der Waals surface area contributed by atoms with E-state index >= 15 is 0 Å². The Bertz CT molecular complexity index is 1140. The van der Waals surface area contributed by atoms with Crippen LogP contribution in [0, 0.1) is 12.8 Å². The quantitative estimate of drug-likeness (QED) is 0.555. The third kappa shape index (κ3) is 5.18. The van der Waals surface area contributed by atoms with E-state index in [4.69, 9.17) is 0 Å². The Balaban J connectivity index is 1.57. The number of hydrogen-bond donors (Lipinski definition) is 1. The summed E-state index contributed by atoms with van der Waals surface area (Å²) in [6.45, 7) is 5.04. The van der Waals surface area contributed by atoms with E-state index in [1.807, 2.05) is 36.1 Å². The number of likely N-dealkylation sites (tertiary alicyclic amines) is 1. The molecule has 3 aromatic rings. The first-order chi connectivity index (χ1) is 16.2. The molecule has 1 N–H and O–H groups in total. The first-order valence-corrected chi connectivity index (χ1v) is 11.2. The summed E-state index contributed by atoms with van der Waals surface area (Å²) in [4.78, 5) is 19.6. The number of halogens is 3. The van der Waals surface area contributed by atoms with E-state index in [1.54, 1.807) is 12.4 Å². The van der Waals surface area contributed by atoms with Crippen LogP contribution in [0.15, 0.2) is 55.0 Å². The lowest BCUT2D eigenvalue weighted by atomic mass is 9.89. The lowest BCUT2D eigenvalue weighted by molar-refractivity contribution is -0.137. The Labute approximate surface area is 196 Å². The first kappa shape index (κ1) is 23.7. The molecule has 0 radical (unpaired) electrons. The average Bonchev–Trinajstić information content (AvgIpc) is 2.83. The number of rotatable bonds is 5. The maximum Gasteiger partial charge on any atom is 0.417 e. The van der Waals surface area contributed by atoms with Crippen LogP contribution in [0.1, 0.15) is 41.3 Å². The number of nitrogens with zero attached hydrogens (tertiary/aromatic N) is 4. The molecule has 9 heteroatoms. The van der Waals surface area contributed by atoms with Gasteiger partial charge in [0.05, 0.1) is 24.0 Å². The molecule has 4 rings (SSSR count). The minimum Gasteiger partial charge on any atom is -0.368 e. The lowest BCUT2D eigenvalue weighted by Gasteiger charge is -2.40. The summed E-state index contributed by atoms with van der Waals surface area (Å²) in [6, 6.07) is 9.78. The Morgan fingerprint density at radius 1 is 1.15 bits per heavy atom. The molecule has 1 fully saturated rings. The highest BCUT2D eigenvalue weighted by atomic mass is 19.4. The summed E-state index contributed by atoms with van der Waals surface area (Å²) in [7, 11) is 0. The van der Waals surface area contributed by atoms with Gasteiger partial charge >= 0.3 is 6.18 Å². The molecule has 0 aliphatic carbocycles. The van der Waals surface area contributed by atoms with E-state index in [0.29, 0.717) is 24.5 Å². The van der Waals surface area contributed by atoms with Crippen molar-refractivity contribution in [1.82, 2.24) is 20.1 Å². The smallest absolute Gasteiger partial charge is 0.368 e. The monoisotopic (exact) mass is 469 g/mol. The number of nitrogens with one attached hydrogen (secondary N) is 1. The number of aromatic nitrogens is 3. The first-order valence-electron chi connectivity index (χ1n) is 11.2. The third-order valence-electron chi connectivity index (χ3n) is 6.26. The second-order valence-corrected chi connectivity index (χ2v) is 8.68. The van der Waals surface area contributed by atoms with Crippen molar-refractivity contribution in [3.05, 3.63) is 71.7 Å². The molecular weight excluding hydrogens is 443 g/mol. The highest BCUT2D eigenvalue weighted by Gasteiger charge is 2.34. The molecule has 2 aromatic heterocycles. The SMILES string of the molecule is Cc1ccc(-c2ccnnc2)c(C(=O)N2CCC[C@@H](C)[C@H]2CNc2ccc(C(F)(F)F)cn2)c1. The van der Waals surface area contributed by atoms with Gasteiger partial charge in [0.2, 0.25) is 0 Å². The van der Waals surface area contributed by atoms with Gasteiger partial charge in [-0.2, -0.15) is 23.4 Å². The van der Waals surface area contributed by atoms with Crippen LogP contribution < -0.4 is 5.32 Å². The predicted octanol–water partition coefficient (Wildman–Crippen LogP) is 5.22. The summed E-state index contributed by atoms with van der Waals surface area (Å²) < 4.78 is 38.5. The molecule has 178 valence electrons. The van der Waals surface area contributed by atoms with Crippen LogP contribution in [0.25, 0.3) is 11.1 Å². The maximum absolute atomic E-state index is 13.8. The minimum absolute atomic E-state index is 0.0748. The van der Waals surface area contributed by atoms with Crippen molar-refractivity contribution in [2.75, 3.05) is 18.4 Å². The summed E-state index contributed by atoms with van der Waals surface area (Å²) in [6.07, 6.45) is 1.47. The molecule has 34 heavy (non-hydrogen) atoms. The number of aryl methyl sites for hydroxylation is 1. The van der Waals surface area contributed by atoms with Gasteiger partial charge in [-0.3, -0.25) is 4.79 Å². The molecule has 0 saturated carbocycles. The molecular formula is C25H26F3N5O. The predicted molar refractivity (Wildman–Crippen MR) is 123 cm³/mol. The number of amides is 1. The lowest BCUT2D eigenvalue weighted by Crippen LogP contribution is -2.51. The van der Waals surface area contributed by atoms with E-state index in [-0.39, 0.29) is 17.9 Å². The summed E-state index contributed by atoms with van der Waals surface area (Å²) in [5.41, 5.74) is 2.38. The second kappa shape index (κ2) is 9.79. The van der Waals surface area contributed by atoms with E-state index in [9.17, 15) is 18.0 Å². The van der Waals surface area contributed by atoms with Crippen molar-refractivity contribution < 1.29 is 18.0 Å². The van der Waals surface area contributed by atoms with Crippen molar-refractivity contribution in [1.29, 1.82) is 0 Å². The number of piperidine rings is 1. The summed E-state index contributed by atoms with van der Waals surface area (Å²) >= 11 is 0. The van der Waals surface area contributed by atoms with E-state index in [2.05, 4.69) is 27.4 Å². The molecule has 2 atom stereocenters. The topological polar surface area (TPSA) is 71.0 Å². The Morgan fingerprint density at radius 3 is 2.65 bits per heavy atom. The Hall–Kier alpha value is -3.49. The van der Waals surface area contributed by atoms with Crippen LogP contribution in [0.5, 0.6) is 0 Å². The number of hydrogen-bond acceptors (Lipinski definition) is 5. The van der Waals surface area contributed by atoms with Crippen LogP contribution in [0.2, 0.25) is 0 Å². The molecule has 0 unspecified atom stereocenters. The number of carbonyl (C=O) groups is 1. The van der Waals surface area contributed by atoms with Gasteiger partial charge in [-0.1, -0.05) is 24.6 Å². The number of anilines is 1. The minimum atomic E-state index is -4.43. The average molecular weight is 470 g/mol. The van der Waals surface area contributed by atoms with Crippen LogP contribution in [-0.4, -0.2) is 45.1 Å². The Morgan fingerprint density at radius 2 is 1.97 bits per heavy atom. The van der Waals surface area contributed by atoms with E-state index in [0.717, 1.165) is 41.8 Å². The van der Waals surface area contributed by atoms with Crippen LogP contribution in [-0.2, 0) is 6.18 Å². The van der Waals surface area contributed by atoms with Crippen molar-refractivity contribution in [3.63, 3.8) is 0 Å². The van der Waals surface area contributed by atoms with E-state index < -0.39 is 11.7 Å². The molecule has 1 aromatic carbocycles. The zero-order chi connectivity index (χ0) is 24.3. The van der Waals surface area contributed by atoms with Crippen molar-refractivity contribution in [2.24, 2.45) is 5.92 Å². The highest BCUT2D eigenvalue weighted by molar-refractivity contribution is 6.01. The maximum atomic E-state index is 13.8. The third-order valence-corrected chi connectivity index (χ3v) is 6.26. The summed E-state index contributed by atoms with van der Waals surface area (Å²) in [5, 5.41) is 10.9. The van der Waals surface area contributed by atoms with Gasteiger partial charge in [0.15, 0.2) is 0 Å². The zero-order valence-electron chi connectivity index (χ0n) is 19.0. The van der Waals surface area contributed by atoms with Crippen molar-refractivity contribution in [3.8, 4) is 11.1 Å². The summed E-state index contributed by atoms with van der Waals surface area (Å²) in [5.74, 6) is 0.488. The van der Waals surface area contributed by atoms with Gasteiger partial charge in [0.1, 0.15) is 5.82 Å². The number of benzene rings is 1. The largest absolute Gasteiger partial charge is 0.417 e. The Kier molecular flexibility index (Phi) is 6.81. The normalized spacial score (nSPS) is 18.6. The molecule has 1 aliphatic heterocycles. The molecule has 6 nitrogen and oxygen atoms in total. The molecule has 1 aliphatic rings. The van der Waals surface area contributed by atoms with Crippen LogP contribution in [0.4, 0.5) is 19.0 Å². The fourth-order valence-electron chi connectivity index (χ4n) is 4.38. The number of alkyl halides is 3. The van der Waals surface area contributed by atoms with Gasteiger partial charge in [-0.05, 0) is 55.5 Å². The van der Waals surface area contributed by atoms with Crippen molar-refractivity contribution in [2.45, 2.75) is 38.9 Å². The fraction of sp³-hybridized carbons (Fsp3) is 0.360. The molecule has 1 amide bonds. The van der Waals surface area contributed by atoms with Crippen molar-refractivity contribution >= 4 is 11.7 Å². The molecule has 3 heterocycles. The van der Waals surface area contributed by atoms with Gasteiger partial charge < -0.3 is 10.2 Å². The fourth-order valence-corrected chi connectivity index (χ4v) is 4.38. The standard InChI is InChI=1S/C25H26F3N5O/c1-16-5-7-20(18-9-10-31-32-13-18)21(12-16)24(34)33-11-3-4-17(2)22(33)15-30-23-8-6-19(14-29-23)25(26,27)28/h5-10,12-14,17,22H,3-4,11,15H2,1-2H3,(H,29,30)/t17-,22-/m1/s1. The molecule has 1 saturated heterocycles. The molecule has 0 spiro atoms. The van der Waals surface area contributed by atoms with Crippen LogP contribution >= 0.6 is 0 Å². The molecule has 0 bridgehead atoms. The van der Waals surface area contributed by atoms with Gasteiger partial charge in [0.25, 0.3) is 5.91 Å².